The van der Waals surface area contributed by atoms with Crippen molar-refractivity contribution in [3.05, 3.63) is 40.6 Å². The molecule has 0 aliphatic carbocycles. The molecule has 0 bridgehead atoms. The summed E-state index contributed by atoms with van der Waals surface area (Å²) in [6, 6.07) is 5.19. The van der Waals surface area contributed by atoms with Crippen molar-refractivity contribution < 1.29 is 59.5 Å². The number of aliphatic carboxylic acids is 1. The van der Waals surface area contributed by atoms with Gasteiger partial charge in [0, 0.05) is 17.7 Å². The minimum absolute atomic E-state index is 0.113. The first-order valence-corrected chi connectivity index (χ1v) is 9.64. The summed E-state index contributed by atoms with van der Waals surface area (Å²) < 4.78 is 16.0. The van der Waals surface area contributed by atoms with Gasteiger partial charge in [-0.3, -0.25) is 4.79 Å². The lowest BCUT2D eigenvalue weighted by atomic mass is 9.99. The lowest BCUT2D eigenvalue weighted by molar-refractivity contribution is -0.271. The standard InChI is InChI=1S/C21H18O13/c22-7-2-1-6(3-8(7)23)12-5-10(25)13-9(24)4-11(26)17(18(13)32-12)33-21-16(29)14(27)15(28)19(34-21)20(30)31/h1-5,14-16,19,21-24,26-29H,(H,30,31)/t14-,15+,16-,19+,21-/m0/s1. The molecule has 13 nitrogen and oxygen atoms in total. The zero-order valence-electron chi connectivity index (χ0n) is 16.9. The van der Waals surface area contributed by atoms with Gasteiger partial charge in [0.2, 0.25) is 12.0 Å². The first kappa shape index (κ1) is 23.1. The largest absolute Gasteiger partial charge is 0.507 e. The molecule has 13 heteroatoms. The Hall–Kier alpha value is -4.04. The van der Waals surface area contributed by atoms with E-state index in [0.29, 0.717) is 0 Å². The van der Waals surface area contributed by atoms with Gasteiger partial charge in [0.25, 0.3) is 0 Å². The van der Waals surface area contributed by atoms with E-state index < -0.39 is 81.8 Å². The van der Waals surface area contributed by atoms with Gasteiger partial charge in [-0.1, -0.05) is 0 Å². The Labute approximate surface area is 188 Å². The van der Waals surface area contributed by atoms with Gasteiger partial charge >= 0.3 is 5.97 Å². The minimum atomic E-state index is -2.01. The van der Waals surface area contributed by atoms with Gasteiger partial charge in [0.1, 0.15) is 35.2 Å². The fraction of sp³-hybridized carbons (Fsp3) is 0.238. The Kier molecular flexibility index (Phi) is 5.70. The monoisotopic (exact) mass is 478 g/mol. The number of benzene rings is 2. The number of hydrogen-bond acceptors (Lipinski definition) is 12. The summed E-state index contributed by atoms with van der Waals surface area (Å²) in [7, 11) is 0. The number of aliphatic hydroxyl groups excluding tert-OH is 3. The summed E-state index contributed by atoms with van der Waals surface area (Å²) in [6.07, 6.45) is -9.95. The quantitative estimate of drug-likeness (QED) is 0.223. The summed E-state index contributed by atoms with van der Waals surface area (Å²) in [5.74, 6) is -4.99. The van der Waals surface area contributed by atoms with E-state index in [0.717, 1.165) is 24.3 Å². The van der Waals surface area contributed by atoms with Gasteiger partial charge < -0.3 is 54.7 Å². The Morgan fingerprint density at radius 1 is 0.853 bits per heavy atom. The van der Waals surface area contributed by atoms with Crippen LogP contribution >= 0.6 is 0 Å². The maximum atomic E-state index is 12.7. The van der Waals surface area contributed by atoms with E-state index in [1.54, 1.807) is 0 Å². The lowest BCUT2D eigenvalue weighted by Gasteiger charge is -2.38. The van der Waals surface area contributed by atoms with Crippen molar-refractivity contribution in [2.45, 2.75) is 30.7 Å². The van der Waals surface area contributed by atoms with Gasteiger partial charge in [-0.05, 0) is 18.2 Å². The van der Waals surface area contributed by atoms with E-state index in [1.807, 2.05) is 0 Å². The van der Waals surface area contributed by atoms with Crippen molar-refractivity contribution in [3.8, 4) is 40.1 Å². The summed E-state index contributed by atoms with van der Waals surface area (Å²) in [5, 5.41) is 78.5. The molecule has 0 saturated carbocycles. The average Bonchev–Trinajstić information content (AvgIpc) is 2.77. The van der Waals surface area contributed by atoms with Gasteiger partial charge in [-0.2, -0.15) is 0 Å². The van der Waals surface area contributed by atoms with Crippen LogP contribution in [0.25, 0.3) is 22.3 Å². The second-order valence-corrected chi connectivity index (χ2v) is 7.48. The molecule has 1 saturated heterocycles. The second kappa shape index (κ2) is 8.39. The molecule has 0 unspecified atom stereocenters. The fourth-order valence-electron chi connectivity index (χ4n) is 3.48. The molecule has 5 atom stereocenters. The van der Waals surface area contributed by atoms with Crippen LogP contribution in [0.3, 0.4) is 0 Å². The van der Waals surface area contributed by atoms with E-state index in [9.17, 15) is 50.4 Å². The van der Waals surface area contributed by atoms with E-state index in [4.69, 9.17) is 13.9 Å². The molecule has 1 aromatic heterocycles. The van der Waals surface area contributed by atoms with E-state index >= 15 is 0 Å². The highest BCUT2D eigenvalue weighted by Gasteiger charge is 2.48. The average molecular weight is 478 g/mol. The predicted octanol–water partition coefficient (Wildman–Crippen LogP) is -0.447. The van der Waals surface area contributed by atoms with Gasteiger partial charge in [0.15, 0.2) is 34.4 Å². The number of carbonyl (C=O) groups is 1. The molecule has 180 valence electrons. The molecule has 0 radical (unpaired) electrons. The summed E-state index contributed by atoms with van der Waals surface area (Å²) in [6.45, 7) is 0. The lowest BCUT2D eigenvalue weighted by Crippen LogP contribution is -2.61. The molecule has 4 rings (SSSR count). The number of phenols is 4. The third-order valence-electron chi connectivity index (χ3n) is 5.22. The number of fused-ring (bicyclic) bond motifs is 1. The molecule has 0 amide bonds. The number of aromatic hydroxyl groups is 4. The maximum Gasteiger partial charge on any atom is 0.335 e. The zero-order chi connectivity index (χ0) is 24.9. The van der Waals surface area contributed by atoms with Gasteiger partial charge in [-0.15, -0.1) is 0 Å². The molecule has 34 heavy (non-hydrogen) atoms. The van der Waals surface area contributed by atoms with Crippen molar-refractivity contribution in [2.24, 2.45) is 0 Å². The van der Waals surface area contributed by atoms with Crippen LogP contribution in [0.1, 0.15) is 0 Å². The molecule has 1 fully saturated rings. The van der Waals surface area contributed by atoms with E-state index in [1.165, 1.54) is 6.07 Å². The number of phenolic OH excluding ortho intramolecular Hbond substituents is 4. The first-order valence-electron chi connectivity index (χ1n) is 9.64. The number of rotatable bonds is 4. The van der Waals surface area contributed by atoms with Crippen LogP contribution in [0.5, 0.6) is 28.7 Å². The summed E-state index contributed by atoms with van der Waals surface area (Å²) in [5.41, 5.74) is -1.24. The van der Waals surface area contributed by atoms with Crippen molar-refractivity contribution in [3.63, 3.8) is 0 Å². The number of carboxylic acid groups (broad SMARTS) is 1. The van der Waals surface area contributed by atoms with Crippen LogP contribution in [0.2, 0.25) is 0 Å². The highest BCUT2D eigenvalue weighted by atomic mass is 16.7. The summed E-state index contributed by atoms with van der Waals surface area (Å²) >= 11 is 0. The van der Waals surface area contributed by atoms with Gasteiger partial charge in [0.05, 0.1) is 0 Å². The predicted molar refractivity (Wildman–Crippen MR) is 110 cm³/mol. The molecular weight excluding hydrogens is 460 g/mol. The highest BCUT2D eigenvalue weighted by Crippen LogP contribution is 2.42. The SMILES string of the molecule is O=C(O)[C@@H]1O[C@H](Oc2c(O)cc(O)c3c(=O)cc(-c4ccc(O)c(O)c4)oc23)[C@@H](O)[C@@H](O)[C@H]1O. The molecule has 0 spiro atoms. The Balaban J connectivity index is 1.85. The number of carboxylic acids is 1. The number of ether oxygens (including phenoxy) is 2. The molecule has 1 aliphatic heterocycles. The van der Waals surface area contributed by atoms with Crippen molar-refractivity contribution in [1.29, 1.82) is 0 Å². The molecule has 1 aliphatic rings. The molecule has 3 aromatic rings. The second-order valence-electron chi connectivity index (χ2n) is 7.48. The van der Waals surface area contributed by atoms with Crippen LogP contribution < -0.4 is 10.2 Å². The number of aliphatic hydroxyl groups is 3. The zero-order valence-corrected chi connectivity index (χ0v) is 16.9. The van der Waals surface area contributed by atoms with Crippen LogP contribution in [0.15, 0.2) is 39.5 Å². The van der Waals surface area contributed by atoms with Crippen LogP contribution in [-0.4, -0.2) is 77.5 Å². The maximum absolute atomic E-state index is 12.7. The smallest absolute Gasteiger partial charge is 0.335 e. The van der Waals surface area contributed by atoms with Crippen molar-refractivity contribution in [1.82, 2.24) is 0 Å². The van der Waals surface area contributed by atoms with Crippen LogP contribution in [-0.2, 0) is 9.53 Å². The molecule has 2 aromatic carbocycles. The Morgan fingerprint density at radius 2 is 1.56 bits per heavy atom. The van der Waals surface area contributed by atoms with E-state index in [2.05, 4.69) is 0 Å². The normalized spacial score (nSPS) is 24.7. The third kappa shape index (κ3) is 3.82. The first-order chi connectivity index (χ1) is 16.0. The molecule has 8 N–H and O–H groups in total. The molecular formula is C21H18O13. The third-order valence-corrected chi connectivity index (χ3v) is 5.22. The molecule has 2 heterocycles. The summed E-state index contributed by atoms with van der Waals surface area (Å²) in [4.78, 5) is 24.0. The highest BCUT2D eigenvalue weighted by molar-refractivity contribution is 5.91. The van der Waals surface area contributed by atoms with Crippen molar-refractivity contribution in [2.75, 3.05) is 0 Å². The fourth-order valence-corrected chi connectivity index (χ4v) is 3.48. The van der Waals surface area contributed by atoms with Crippen molar-refractivity contribution >= 4 is 16.9 Å². The van der Waals surface area contributed by atoms with Crippen LogP contribution in [0, 0.1) is 0 Å². The topological polar surface area (TPSA) is 228 Å². The Morgan fingerprint density at radius 3 is 2.21 bits per heavy atom. The minimum Gasteiger partial charge on any atom is -0.507 e. The van der Waals surface area contributed by atoms with Gasteiger partial charge in [-0.25, -0.2) is 4.79 Å². The van der Waals surface area contributed by atoms with Crippen LogP contribution in [0.4, 0.5) is 0 Å². The Bertz CT molecular complexity index is 1330. The van der Waals surface area contributed by atoms with E-state index in [-0.39, 0.29) is 11.3 Å². The number of hydrogen-bond donors (Lipinski definition) is 8.